The van der Waals surface area contributed by atoms with Crippen LogP contribution in [0, 0.1) is 0 Å². The van der Waals surface area contributed by atoms with E-state index in [1.165, 1.54) is 5.82 Å². The van der Waals surface area contributed by atoms with Crippen molar-refractivity contribution in [3.05, 3.63) is 12.4 Å². The topological polar surface area (TPSA) is 44.8 Å². The molecule has 0 aliphatic heterocycles. The lowest BCUT2D eigenvalue weighted by Crippen LogP contribution is -2.27. The SMILES string of the molecule is C=CP=O.CCO[SiH](OCC)OCC. The zero-order chi connectivity index (χ0) is 11.2. The summed E-state index contributed by atoms with van der Waals surface area (Å²) in [5, 5.41) is 0. The number of hydrogen-bond donors (Lipinski definition) is 0. The van der Waals surface area contributed by atoms with Crippen LogP contribution >= 0.6 is 8.46 Å². The Labute approximate surface area is 89.4 Å². The van der Waals surface area contributed by atoms with Crippen LogP contribution in [-0.4, -0.2) is 29.3 Å². The molecule has 14 heavy (non-hydrogen) atoms. The summed E-state index contributed by atoms with van der Waals surface area (Å²) in [6, 6.07) is 0. The molecule has 84 valence electrons. The summed E-state index contributed by atoms with van der Waals surface area (Å²) in [5.74, 6) is 1.29. The van der Waals surface area contributed by atoms with Gasteiger partial charge in [0.15, 0.2) is 8.46 Å². The second-order valence-electron chi connectivity index (χ2n) is 1.94. The number of rotatable bonds is 7. The smallest absolute Gasteiger partial charge is 0.376 e. The molecule has 0 fully saturated rings. The molecule has 0 heterocycles. The standard InChI is InChI=1S/C6H16O3Si.C2H3OP/c1-4-7-10(8-5-2)9-6-3;1-2-4-3/h10H,4-6H2,1-3H3;2H,1H2. The Morgan fingerprint density at radius 2 is 1.43 bits per heavy atom. The third-order valence-electron chi connectivity index (χ3n) is 0.983. The van der Waals surface area contributed by atoms with Crippen molar-refractivity contribution in [3.63, 3.8) is 0 Å². The van der Waals surface area contributed by atoms with Crippen LogP contribution in [0.25, 0.3) is 0 Å². The van der Waals surface area contributed by atoms with Gasteiger partial charge in [-0.2, -0.15) is 0 Å². The first-order chi connectivity index (χ1) is 6.76. The minimum absolute atomic E-state index is 0.0123. The van der Waals surface area contributed by atoms with Gasteiger partial charge < -0.3 is 13.3 Å². The predicted molar refractivity (Wildman–Crippen MR) is 59.8 cm³/mol. The van der Waals surface area contributed by atoms with E-state index in [-0.39, 0.29) is 8.46 Å². The van der Waals surface area contributed by atoms with Crippen molar-refractivity contribution >= 4 is 18.0 Å². The first kappa shape index (κ1) is 16.4. The van der Waals surface area contributed by atoms with Gasteiger partial charge in [-0.3, -0.25) is 4.57 Å². The maximum Gasteiger partial charge on any atom is 0.484 e. The summed E-state index contributed by atoms with van der Waals surface area (Å²) in [6.07, 6.45) is 0. The average Bonchev–Trinajstić information content (AvgIpc) is 2.20. The van der Waals surface area contributed by atoms with E-state index in [2.05, 4.69) is 6.58 Å². The van der Waals surface area contributed by atoms with Crippen LogP contribution in [0.3, 0.4) is 0 Å². The lowest BCUT2D eigenvalue weighted by Gasteiger charge is -2.12. The predicted octanol–water partition coefficient (Wildman–Crippen LogP) is 2.23. The first-order valence-electron chi connectivity index (χ1n) is 4.54. The Balaban J connectivity index is 0. The Kier molecular flexibility index (Phi) is 18.0. The summed E-state index contributed by atoms with van der Waals surface area (Å²) >= 11 is 0. The van der Waals surface area contributed by atoms with E-state index in [0.717, 1.165) is 0 Å². The molecule has 0 unspecified atom stereocenters. The molecule has 0 N–H and O–H groups in total. The van der Waals surface area contributed by atoms with E-state index >= 15 is 0 Å². The Bertz CT molecular complexity index is 114. The van der Waals surface area contributed by atoms with Gasteiger partial charge in [0.2, 0.25) is 0 Å². The molecule has 0 saturated carbocycles. The zero-order valence-corrected chi connectivity index (χ0v) is 11.1. The average molecular weight is 238 g/mol. The van der Waals surface area contributed by atoms with Gasteiger partial charge in [-0.05, 0) is 26.6 Å². The largest absolute Gasteiger partial charge is 0.484 e. The van der Waals surface area contributed by atoms with Crippen molar-refractivity contribution in [2.24, 2.45) is 0 Å². The fourth-order valence-electron chi connectivity index (χ4n) is 0.553. The van der Waals surface area contributed by atoms with Crippen LogP contribution in [-0.2, 0) is 17.8 Å². The van der Waals surface area contributed by atoms with Crippen molar-refractivity contribution in [3.8, 4) is 0 Å². The van der Waals surface area contributed by atoms with E-state index in [1.54, 1.807) is 0 Å². The molecule has 0 aromatic rings. The van der Waals surface area contributed by atoms with Crippen LogP contribution < -0.4 is 0 Å². The molecule has 0 aromatic heterocycles. The Hall–Kier alpha value is -0.0631. The molecular weight excluding hydrogens is 219 g/mol. The number of hydrogen-bond acceptors (Lipinski definition) is 4. The Morgan fingerprint density at radius 1 is 1.14 bits per heavy atom. The van der Waals surface area contributed by atoms with Gasteiger partial charge in [0.1, 0.15) is 0 Å². The third-order valence-corrected chi connectivity index (χ3v) is 2.95. The first-order valence-corrected chi connectivity index (χ1v) is 6.84. The van der Waals surface area contributed by atoms with Crippen LogP contribution in [0.2, 0.25) is 0 Å². The minimum Gasteiger partial charge on any atom is -0.376 e. The molecule has 6 heteroatoms. The normalized spacial score (nSPS) is 9.71. The molecule has 0 aliphatic carbocycles. The Morgan fingerprint density at radius 3 is 1.57 bits per heavy atom. The molecule has 0 amide bonds. The van der Waals surface area contributed by atoms with Crippen molar-refractivity contribution in [2.45, 2.75) is 20.8 Å². The van der Waals surface area contributed by atoms with Gasteiger partial charge in [-0.25, -0.2) is 0 Å². The molecule has 4 nitrogen and oxygen atoms in total. The molecule has 0 spiro atoms. The highest BCUT2D eigenvalue weighted by atomic mass is 31.1. The van der Waals surface area contributed by atoms with Gasteiger partial charge in [0.05, 0.1) is 0 Å². The van der Waals surface area contributed by atoms with Gasteiger partial charge in [-0.1, -0.05) is 6.58 Å². The lowest BCUT2D eigenvalue weighted by atomic mass is 10.9. The molecule has 0 saturated heterocycles. The molecule has 0 radical (unpaired) electrons. The summed E-state index contributed by atoms with van der Waals surface area (Å²) in [6.45, 7) is 11.0. The zero-order valence-electron chi connectivity index (χ0n) is 9.06. The van der Waals surface area contributed by atoms with E-state index in [9.17, 15) is 0 Å². The molecule has 0 aromatic carbocycles. The van der Waals surface area contributed by atoms with Crippen molar-refractivity contribution in [1.29, 1.82) is 0 Å². The minimum atomic E-state index is -1.73. The van der Waals surface area contributed by atoms with E-state index in [0.29, 0.717) is 19.8 Å². The summed E-state index contributed by atoms with van der Waals surface area (Å²) in [5.41, 5.74) is 0. The molecule has 0 rings (SSSR count). The monoisotopic (exact) mass is 238 g/mol. The molecule has 0 aliphatic rings. The van der Waals surface area contributed by atoms with Crippen molar-refractivity contribution in [1.82, 2.24) is 0 Å². The highest BCUT2D eigenvalue weighted by Gasteiger charge is 2.11. The summed E-state index contributed by atoms with van der Waals surface area (Å²) < 4.78 is 24.8. The molecular formula is C8H19O4PSi. The lowest BCUT2D eigenvalue weighted by molar-refractivity contribution is 0.107. The summed E-state index contributed by atoms with van der Waals surface area (Å²) in [7, 11) is -1.72. The van der Waals surface area contributed by atoms with Crippen LogP contribution in [0.5, 0.6) is 0 Å². The van der Waals surface area contributed by atoms with E-state index in [4.69, 9.17) is 17.8 Å². The van der Waals surface area contributed by atoms with E-state index < -0.39 is 9.53 Å². The fraction of sp³-hybridized carbons (Fsp3) is 0.750. The quantitative estimate of drug-likeness (QED) is 0.504. The third kappa shape index (κ3) is 14.5. The maximum absolute atomic E-state index is 9.15. The van der Waals surface area contributed by atoms with Crippen molar-refractivity contribution < 1.29 is 17.8 Å². The second-order valence-corrected chi connectivity index (χ2v) is 4.10. The van der Waals surface area contributed by atoms with Crippen molar-refractivity contribution in [2.75, 3.05) is 19.8 Å². The summed E-state index contributed by atoms with van der Waals surface area (Å²) in [4.78, 5) is 0. The van der Waals surface area contributed by atoms with Gasteiger partial charge in [0.25, 0.3) is 0 Å². The second kappa shape index (κ2) is 15.4. The molecule has 0 atom stereocenters. The molecule has 0 bridgehead atoms. The van der Waals surface area contributed by atoms with E-state index in [1.807, 2.05) is 20.8 Å². The van der Waals surface area contributed by atoms with Gasteiger partial charge in [0, 0.05) is 19.8 Å². The highest BCUT2D eigenvalue weighted by molar-refractivity contribution is 7.27. The maximum atomic E-state index is 9.15. The van der Waals surface area contributed by atoms with Gasteiger partial charge in [-0.15, -0.1) is 0 Å². The van der Waals surface area contributed by atoms with Gasteiger partial charge >= 0.3 is 9.53 Å². The van der Waals surface area contributed by atoms with Crippen LogP contribution in [0.4, 0.5) is 0 Å². The fourth-order valence-corrected chi connectivity index (χ4v) is 1.66. The van der Waals surface area contributed by atoms with Crippen LogP contribution in [0.15, 0.2) is 12.4 Å². The van der Waals surface area contributed by atoms with Crippen LogP contribution in [0.1, 0.15) is 20.8 Å². The highest BCUT2D eigenvalue weighted by Crippen LogP contribution is 1.91.